The van der Waals surface area contributed by atoms with Crippen molar-refractivity contribution in [2.45, 2.75) is 62.6 Å². The van der Waals surface area contributed by atoms with Gasteiger partial charge in [0.15, 0.2) is 0 Å². The first-order chi connectivity index (χ1) is 12.8. The molecule has 0 unspecified atom stereocenters. The lowest BCUT2D eigenvalue weighted by atomic mass is 9.98. The molecular formula is C20H28FNO4S. The van der Waals surface area contributed by atoms with Crippen molar-refractivity contribution in [2.24, 2.45) is 5.92 Å². The smallest absolute Gasteiger partial charge is 0.305 e. The molecule has 2 rings (SSSR count). The van der Waals surface area contributed by atoms with E-state index in [1.165, 1.54) is 7.11 Å². The lowest BCUT2D eigenvalue weighted by Crippen LogP contribution is -2.38. The van der Waals surface area contributed by atoms with Crippen molar-refractivity contribution in [2.75, 3.05) is 7.11 Å². The summed E-state index contributed by atoms with van der Waals surface area (Å²) in [6.45, 7) is 1.89. The average molecular weight is 398 g/mol. The number of methoxy groups -OCH3 is 1. The van der Waals surface area contributed by atoms with Crippen molar-refractivity contribution in [1.29, 1.82) is 0 Å². The largest absolute Gasteiger partial charge is 0.469 e. The summed E-state index contributed by atoms with van der Waals surface area (Å²) in [6.07, 6.45) is 5.85. The molecule has 0 aliphatic heterocycles. The van der Waals surface area contributed by atoms with Crippen molar-refractivity contribution in [1.82, 2.24) is 4.72 Å². The number of carbonyl (C=O) groups excluding carboxylic acids is 1. The number of aryl methyl sites for hydroxylation is 1. The molecule has 1 aliphatic rings. The van der Waals surface area contributed by atoms with E-state index in [4.69, 9.17) is 0 Å². The number of halogens is 1. The van der Waals surface area contributed by atoms with Crippen LogP contribution in [0, 0.1) is 12.8 Å². The van der Waals surface area contributed by atoms with Crippen LogP contribution < -0.4 is 4.72 Å². The summed E-state index contributed by atoms with van der Waals surface area (Å²) < 4.78 is 46.7. The van der Waals surface area contributed by atoms with Gasteiger partial charge in [-0.3, -0.25) is 4.79 Å². The predicted octanol–water partition coefficient (Wildman–Crippen LogP) is 3.68. The van der Waals surface area contributed by atoms with Crippen LogP contribution in [-0.2, 0) is 19.6 Å². The van der Waals surface area contributed by atoms with E-state index >= 15 is 0 Å². The van der Waals surface area contributed by atoms with Crippen molar-refractivity contribution in [3.63, 3.8) is 0 Å². The maximum absolute atomic E-state index is 14.3. The van der Waals surface area contributed by atoms with Gasteiger partial charge >= 0.3 is 5.97 Å². The van der Waals surface area contributed by atoms with E-state index in [-0.39, 0.29) is 16.8 Å². The Morgan fingerprint density at radius 2 is 1.96 bits per heavy atom. The van der Waals surface area contributed by atoms with Gasteiger partial charge in [-0.2, -0.15) is 0 Å². The number of rotatable bonds is 9. The first-order valence-corrected chi connectivity index (χ1v) is 10.8. The van der Waals surface area contributed by atoms with Gasteiger partial charge in [0.05, 0.1) is 12.0 Å². The molecule has 0 saturated heterocycles. The molecule has 0 bridgehead atoms. The Balaban J connectivity index is 1.90. The van der Waals surface area contributed by atoms with Crippen LogP contribution >= 0.6 is 0 Å². The number of esters is 1. The van der Waals surface area contributed by atoms with Gasteiger partial charge in [0.1, 0.15) is 6.17 Å². The minimum absolute atomic E-state index is 0.201. The van der Waals surface area contributed by atoms with E-state index in [0.717, 1.165) is 5.56 Å². The predicted molar refractivity (Wildman–Crippen MR) is 103 cm³/mol. The third-order valence-electron chi connectivity index (χ3n) is 4.93. The van der Waals surface area contributed by atoms with Crippen LogP contribution in [0.4, 0.5) is 4.39 Å². The van der Waals surface area contributed by atoms with Crippen LogP contribution in [0.3, 0.4) is 0 Å². The number of sulfonamides is 1. The second kappa shape index (κ2) is 9.99. The Bertz CT molecular complexity index is 746. The van der Waals surface area contributed by atoms with Gasteiger partial charge in [-0.25, -0.2) is 17.5 Å². The molecule has 0 amide bonds. The molecule has 27 heavy (non-hydrogen) atoms. The molecule has 7 heteroatoms. The number of benzene rings is 1. The second-order valence-corrected chi connectivity index (χ2v) is 8.69. The summed E-state index contributed by atoms with van der Waals surface area (Å²) in [5, 5.41) is 0. The fourth-order valence-electron chi connectivity index (χ4n) is 3.30. The number of hydrogen-bond acceptors (Lipinski definition) is 4. The van der Waals surface area contributed by atoms with Crippen molar-refractivity contribution in [3.05, 3.63) is 42.0 Å². The SMILES string of the molecule is COC(=O)CCC/C=C\C[C@@H]1[C@@H](NS(=O)(=O)c2ccc(C)cc2)CC[C@@H]1F. The van der Waals surface area contributed by atoms with Gasteiger partial charge in [-0.1, -0.05) is 29.8 Å². The van der Waals surface area contributed by atoms with Crippen molar-refractivity contribution < 1.29 is 22.3 Å². The molecule has 1 aromatic rings. The number of alkyl halides is 1. The van der Waals surface area contributed by atoms with Gasteiger partial charge in [-0.15, -0.1) is 0 Å². The number of carbonyl (C=O) groups is 1. The Labute approximate surface area is 161 Å². The molecule has 150 valence electrons. The van der Waals surface area contributed by atoms with Crippen LogP contribution in [0.2, 0.25) is 0 Å². The van der Waals surface area contributed by atoms with E-state index < -0.39 is 22.2 Å². The van der Waals surface area contributed by atoms with Crippen LogP contribution in [-0.4, -0.2) is 33.7 Å². The van der Waals surface area contributed by atoms with E-state index in [0.29, 0.717) is 38.5 Å². The molecule has 0 heterocycles. The number of ether oxygens (including phenoxy) is 1. The highest BCUT2D eigenvalue weighted by Crippen LogP contribution is 2.33. The fourth-order valence-corrected chi connectivity index (χ4v) is 4.62. The standard InChI is InChI=1S/C20H28FNO4S/c1-15-9-11-16(12-10-15)27(24,25)22-19-14-13-18(21)17(19)7-5-3-4-6-8-20(23)26-2/h3,5,9-12,17-19,22H,4,6-8,13-14H2,1-2H3/b5-3-/t17-,18-,19-/m0/s1. The van der Waals surface area contributed by atoms with Gasteiger partial charge in [0.25, 0.3) is 0 Å². The summed E-state index contributed by atoms with van der Waals surface area (Å²) in [4.78, 5) is 11.2. The lowest BCUT2D eigenvalue weighted by Gasteiger charge is -2.21. The summed E-state index contributed by atoms with van der Waals surface area (Å²) >= 11 is 0. The summed E-state index contributed by atoms with van der Waals surface area (Å²) in [7, 11) is -2.30. The molecule has 5 nitrogen and oxygen atoms in total. The normalized spacial score (nSPS) is 23.0. The maximum atomic E-state index is 14.3. The zero-order chi connectivity index (χ0) is 19.9. The molecular weight excluding hydrogens is 369 g/mol. The number of hydrogen-bond donors (Lipinski definition) is 1. The molecule has 1 aliphatic carbocycles. The Kier molecular flexibility index (Phi) is 7.98. The van der Waals surface area contributed by atoms with Gasteiger partial charge in [-0.05, 0) is 51.2 Å². The number of unbranched alkanes of at least 4 members (excludes halogenated alkanes) is 1. The van der Waals surface area contributed by atoms with Crippen LogP contribution in [0.1, 0.15) is 44.1 Å². The van der Waals surface area contributed by atoms with Crippen LogP contribution in [0.15, 0.2) is 41.3 Å². The molecule has 1 N–H and O–H groups in total. The summed E-state index contributed by atoms with van der Waals surface area (Å²) in [5.74, 6) is -0.615. The highest BCUT2D eigenvalue weighted by Gasteiger charge is 2.37. The van der Waals surface area contributed by atoms with E-state index in [1.807, 2.05) is 19.1 Å². The monoisotopic (exact) mass is 397 g/mol. The van der Waals surface area contributed by atoms with Gasteiger partial charge in [0, 0.05) is 18.4 Å². The lowest BCUT2D eigenvalue weighted by molar-refractivity contribution is -0.140. The van der Waals surface area contributed by atoms with Crippen LogP contribution in [0.5, 0.6) is 0 Å². The third-order valence-corrected chi connectivity index (χ3v) is 6.43. The minimum atomic E-state index is -3.66. The molecule has 0 spiro atoms. The average Bonchev–Trinajstić information content (AvgIpc) is 2.97. The molecule has 1 fully saturated rings. The summed E-state index contributed by atoms with van der Waals surface area (Å²) in [6, 6.07) is 6.21. The van der Waals surface area contributed by atoms with E-state index in [9.17, 15) is 17.6 Å². The highest BCUT2D eigenvalue weighted by atomic mass is 32.2. The van der Waals surface area contributed by atoms with Gasteiger partial charge < -0.3 is 4.74 Å². The van der Waals surface area contributed by atoms with Crippen molar-refractivity contribution >= 4 is 16.0 Å². The summed E-state index contributed by atoms with van der Waals surface area (Å²) in [5.41, 5.74) is 0.980. The minimum Gasteiger partial charge on any atom is -0.469 e. The Morgan fingerprint density at radius 1 is 1.26 bits per heavy atom. The zero-order valence-electron chi connectivity index (χ0n) is 15.9. The first kappa shape index (κ1) is 21.6. The van der Waals surface area contributed by atoms with Gasteiger partial charge in [0.2, 0.25) is 10.0 Å². The maximum Gasteiger partial charge on any atom is 0.305 e. The first-order valence-electron chi connectivity index (χ1n) is 9.28. The quantitative estimate of drug-likeness (QED) is 0.392. The molecule has 0 aromatic heterocycles. The fraction of sp³-hybridized carbons (Fsp3) is 0.550. The topological polar surface area (TPSA) is 72.5 Å². The Hall–Kier alpha value is -1.73. The highest BCUT2D eigenvalue weighted by molar-refractivity contribution is 7.89. The third kappa shape index (κ3) is 6.43. The molecule has 3 atom stereocenters. The van der Waals surface area contributed by atoms with Crippen LogP contribution in [0.25, 0.3) is 0 Å². The second-order valence-electron chi connectivity index (χ2n) is 6.97. The number of allylic oxidation sites excluding steroid dienone is 2. The molecule has 0 radical (unpaired) electrons. The Morgan fingerprint density at radius 3 is 2.63 bits per heavy atom. The zero-order valence-corrected chi connectivity index (χ0v) is 16.7. The molecule has 1 aromatic carbocycles. The molecule has 1 saturated carbocycles. The van der Waals surface area contributed by atoms with E-state index in [1.54, 1.807) is 24.3 Å². The van der Waals surface area contributed by atoms with E-state index in [2.05, 4.69) is 9.46 Å². The van der Waals surface area contributed by atoms with Crippen molar-refractivity contribution in [3.8, 4) is 0 Å². The number of nitrogens with one attached hydrogen (secondary N) is 1.